The van der Waals surface area contributed by atoms with Crippen LogP contribution in [-0.4, -0.2) is 197 Å². The van der Waals surface area contributed by atoms with Gasteiger partial charge >= 0.3 is 0 Å². The fraction of sp³-hybridized carbons (Fsp3) is 1.00. The molecule has 3 aliphatic heterocycles. The first-order chi connectivity index (χ1) is 18.4. The number of hydrogen-bond acceptors (Lipinski definition) is 18. The molecule has 0 spiro atoms. The Morgan fingerprint density at radius 1 is 0.538 bits per heavy atom. The maximum absolute atomic E-state index is 10.9. The molecule has 0 bridgehead atoms. The van der Waals surface area contributed by atoms with Crippen LogP contribution in [0.15, 0.2) is 0 Å². The van der Waals surface area contributed by atoms with E-state index in [1.807, 2.05) is 0 Å². The molecular formula is C21H38O18. The summed E-state index contributed by atoms with van der Waals surface area (Å²) in [5.74, 6) is 0. The van der Waals surface area contributed by atoms with E-state index in [9.17, 15) is 66.4 Å². The Labute approximate surface area is 221 Å². The lowest BCUT2D eigenvalue weighted by Gasteiger charge is -2.48. The molecule has 0 aliphatic carbocycles. The first-order valence-electron chi connectivity index (χ1n) is 12.2. The molecule has 3 saturated heterocycles. The summed E-state index contributed by atoms with van der Waals surface area (Å²) in [5, 5.41) is 131. The second-order valence-corrected chi connectivity index (χ2v) is 9.65. The van der Waals surface area contributed by atoms with Gasteiger partial charge in [0.25, 0.3) is 0 Å². The minimum Gasteiger partial charge on any atom is -0.394 e. The molecule has 0 amide bonds. The summed E-state index contributed by atoms with van der Waals surface area (Å²) in [5.41, 5.74) is 0. The normalized spacial score (nSPS) is 49.0. The van der Waals surface area contributed by atoms with Gasteiger partial charge in [-0.15, -0.1) is 0 Å². The van der Waals surface area contributed by atoms with Crippen LogP contribution in [-0.2, 0) is 23.7 Å². The zero-order valence-corrected chi connectivity index (χ0v) is 20.5. The molecular weight excluding hydrogens is 540 g/mol. The van der Waals surface area contributed by atoms with Crippen LogP contribution in [0.4, 0.5) is 0 Å². The van der Waals surface area contributed by atoms with E-state index < -0.39 is 131 Å². The monoisotopic (exact) mass is 578 g/mol. The number of ether oxygens (including phenoxy) is 5. The van der Waals surface area contributed by atoms with Crippen molar-refractivity contribution >= 4 is 0 Å². The molecule has 18 nitrogen and oxygen atoms in total. The lowest BCUT2D eigenvalue weighted by molar-refractivity contribution is -0.383. The number of aliphatic hydroxyl groups is 13. The predicted octanol–water partition coefficient (Wildman–Crippen LogP) is -8.81. The van der Waals surface area contributed by atoms with Crippen molar-refractivity contribution in [1.29, 1.82) is 0 Å². The highest BCUT2D eigenvalue weighted by Gasteiger charge is 2.54. The van der Waals surface area contributed by atoms with E-state index >= 15 is 0 Å². The Hall–Kier alpha value is -0.720. The Balaban J connectivity index is 1.85. The summed E-state index contributed by atoms with van der Waals surface area (Å²) in [6.45, 7) is -3.51. The number of aliphatic hydroxyl groups excluding tert-OH is 13. The third-order valence-corrected chi connectivity index (χ3v) is 7.07. The van der Waals surface area contributed by atoms with Crippen LogP contribution in [0.25, 0.3) is 0 Å². The average molecular weight is 579 g/mol. The van der Waals surface area contributed by atoms with Gasteiger partial charge in [0, 0.05) is 0 Å². The van der Waals surface area contributed by atoms with Crippen molar-refractivity contribution in [1.82, 2.24) is 0 Å². The molecule has 3 fully saturated rings. The maximum atomic E-state index is 10.9. The minimum atomic E-state index is -2.02. The Morgan fingerprint density at radius 2 is 1.00 bits per heavy atom. The van der Waals surface area contributed by atoms with E-state index in [0.29, 0.717) is 0 Å². The zero-order chi connectivity index (χ0) is 29.2. The number of rotatable bonds is 10. The Morgan fingerprint density at radius 3 is 1.51 bits per heavy atom. The Bertz CT molecular complexity index is 744. The van der Waals surface area contributed by atoms with E-state index in [2.05, 4.69) is 0 Å². The molecule has 39 heavy (non-hydrogen) atoms. The van der Waals surface area contributed by atoms with Crippen LogP contribution in [0.5, 0.6) is 0 Å². The van der Waals surface area contributed by atoms with Gasteiger partial charge in [-0.1, -0.05) is 0 Å². The molecule has 230 valence electrons. The summed E-state index contributed by atoms with van der Waals surface area (Å²) < 4.78 is 27.0. The highest BCUT2D eigenvalue weighted by Crippen LogP contribution is 2.32. The van der Waals surface area contributed by atoms with Gasteiger partial charge in [0.15, 0.2) is 12.6 Å². The van der Waals surface area contributed by atoms with Gasteiger partial charge in [0.05, 0.1) is 26.4 Å². The third-order valence-electron chi connectivity index (χ3n) is 7.07. The van der Waals surface area contributed by atoms with Crippen LogP contribution in [0.2, 0.25) is 0 Å². The molecule has 3 rings (SSSR count). The van der Waals surface area contributed by atoms with Crippen molar-refractivity contribution in [3.8, 4) is 0 Å². The van der Waals surface area contributed by atoms with Gasteiger partial charge in [-0.25, -0.2) is 0 Å². The standard InChI is InChI=1S/C21H38O18/c22-1-5(26)17(19-14(32)12(30)9(27)6(2-23)35-19)38-18-11(29)8(4-25)37-21(16(18)34)39-20-15(33)13(31)10(28)7(3-24)36-20/h5-34H,1-4H2/t5?,6-,7-,8-,9-,10-,11-,12+,13+,14-,15-,16-,17?,18+,19?,20-,21-/m1/s1. The lowest BCUT2D eigenvalue weighted by Crippen LogP contribution is -2.67. The number of hydrogen-bond donors (Lipinski definition) is 13. The molecule has 17 atom stereocenters. The largest absolute Gasteiger partial charge is 0.394 e. The third kappa shape index (κ3) is 6.69. The van der Waals surface area contributed by atoms with Crippen LogP contribution < -0.4 is 0 Å². The predicted molar refractivity (Wildman–Crippen MR) is 118 cm³/mol. The highest BCUT2D eigenvalue weighted by molar-refractivity contribution is 4.99. The molecule has 3 unspecified atom stereocenters. The van der Waals surface area contributed by atoms with Crippen molar-refractivity contribution in [2.24, 2.45) is 0 Å². The molecule has 0 aromatic heterocycles. The molecule has 18 heteroatoms. The molecule has 0 radical (unpaired) electrons. The van der Waals surface area contributed by atoms with Crippen LogP contribution >= 0.6 is 0 Å². The van der Waals surface area contributed by atoms with Crippen molar-refractivity contribution in [3.63, 3.8) is 0 Å². The van der Waals surface area contributed by atoms with Crippen LogP contribution in [0, 0.1) is 0 Å². The quantitative estimate of drug-likeness (QED) is 0.114. The minimum absolute atomic E-state index is 0.789. The molecule has 13 N–H and O–H groups in total. The van der Waals surface area contributed by atoms with E-state index in [1.54, 1.807) is 0 Å². The first kappa shape index (κ1) is 32.8. The van der Waals surface area contributed by atoms with E-state index in [1.165, 1.54) is 0 Å². The fourth-order valence-electron chi connectivity index (χ4n) is 4.71. The van der Waals surface area contributed by atoms with Gasteiger partial charge in [0.1, 0.15) is 91.6 Å². The van der Waals surface area contributed by atoms with Gasteiger partial charge in [-0.05, 0) is 0 Å². The molecule has 0 saturated carbocycles. The second-order valence-electron chi connectivity index (χ2n) is 9.65. The summed E-state index contributed by atoms with van der Waals surface area (Å²) in [6.07, 6.45) is -30.3. The summed E-state index contributed by atoms with van der Waals surface area (Å²) in [4.78, 5) is 0. The van der Waals surface area contributed by atoms with Crippen molar-refractivity contribution in [2.45, 2.75) is 104 Å². The highest BCUT2D eigenvalue weighted by atomic mass is 16.8. The average Bonchev–Trinajstić information content (AvgIpc) is 2.93. The van der Waals surface area contributed by atoms with Gasteiger partial charge < -0.3 is 90.1 Å². The Kier molecular flexibility index (Phi) is 11.7. The van der Waals surface area contributed by atoms with E-state index in [0.717, 1.165) is 0 Å². The van der Waals surface area contributed by atoms with Crippen molar-refractivity contribution < 1.29 is 90.1 Å². The smallest absolute Gasteiger partial charge is 0.189 e. The molecule has 3 aliphatic rings. The first-order valence-corrected chi connectivity index (χ1v) is 12.2. The van der Waals surface area contributed by atoms with Crippen LogP contribution in [0.3, 0.4) is 0 Å². The molecule has 3 heterocycles. The van der Waals surface area contributed by atoms with Crippen molar-refractivity contribution in [3.05, 3.63) is 0 Å². The zero-order valence-electron chi connectivity index (χ0n) is 20.5. The van der Waals surface area contributed by atoms with Gasteiger partial charge in [-0.2, -0.15) is 0 Å². The maximum Gasteiger partial charge on any atom is 0.189 e. The lowest BCUT2D eigenvalue weighted by atomic mass is 9.90. The van der Waals surface area contributed by atoms with E-state index in [4.69, 9.17) is 23.7 Å². The van der Waals surface area contributed by atoms with Gasteiger partial charge in [-0.3, -0.25) is 0 Å². The molecule has 0 aromatic rings. The van der Waals surface area contributed by atoms with E-state index in [-0.39, 0.29) is 0 Å². The van der Waals surface area contributed by atoms with Crippen molar-refractivity contribution in [2.75, 3.05) is 26.4 Å². The van der Waals surface area contributed by atoms with Gasteiger partial charge in [0.2, 0.25) is 0 Å². The second kappa shape index (κ2) is 14.0. The summed E-state index contributed by atoms with van der Waals surface area (Å²) in [7, 11) is 0. The molecule has 0 aromatic carbocycles. The summed E-state index contributed by atoms with van der Waals surface area (Å²) in [6, 6.07) is 0. The van der Waals surface area contributed by atoms with Crippen LogP contribution in [0.1, 0.15) is 0 Å². The topological polar surface area (TPSA) is 309 Å². The SMILES string of the molecule is OCC(O)C(O[C@@H]1[C@@H](O)[C@@H](O[C@H]2O[C@H](CO)[C@@H](O)[C@H](O)[C@H]2O)O[C@H](CO)[C@H]1O)C1O[C@H](CO)[C@@H](O)[C@H](O)[C@H]1O. The summed E-state index contributed by atoms with van der Waals surface area (Å²) >= 11 is 0. The fourth-order valence-corrected chi connectivity index (χ4v) is 4.71.